The molecular formula is C19H27N5O. The third-order valence-electron chi connectivity index (χ3n) is 3.85. The molecule has 6 heteroatoms. The molecule has 2 aromatic rings. The lowest BCUT2D eigenvalue weighted by Crippen LogP contribution is -2.32. The van der Waals surface area contributed by atoms with Crippen molar-refractivity contribution < 1.29 is 4.79 Å². The first kappa shape index (κ1) is 18.9. The number of likely N-dealkylation sites (N-methyl/N-ethyl adjacent to an activating group) is 1. The summed E-state index contributed by atoms with van der Waals surface area (Å²) in [6.07, 6.45) is 0. The number of benzene rings is 1. The fourth-order valence-corrected chi connectivity index (χ4v) is 2.71. The molecule has 25 heavy (non-hydrogen) atoms. The van der Waals surface area contributed by atoms with Gasteiger partial charge in [-0.15, -0.1) is 0 Å². The number of carbonyl (C=O) groups is 1. The zero-order chi connectivity index (χ0) is 18.6. The Morgan fingerprint density at radius 3 is 2.28 bits per heavy atom. The number of aryl methyl sites for hydroxylation is 4. The second-order valence-corrected chi connectivity index (χ2v) is 6.68. The van der Waals surface area contributed by atoms with Crippen LogP contribution in [-0.4, -0.2) is 48.0 Å². The van der Waals surface area contributed by atoms with Crippen molar-refractivity contribution in [1.82, 2.24) is 20.2 Å². The van der Waals surface area contributed by atoms with Crippen LogP contribution in [0.2, 0.25) is 0 Å². The lowest BCUT2D eigenvalue weighted by Gasteiger charge is -2.14. The molecule has 0 saturated carbocycles. The maximum absolute atomic E-state index is 12.3. The van der Waals surface area contributed by atoms with Gasteiger partial charge in [0.1, 0.15) is 5.69 Å². The van der Waals surface area contributed by atoms with Crippen molar-refractivity contribution in [3.05, 3.63) is 46.3 Å². The number of rotatable bonds is 6. The van der Waals surface area contributed by atoms with E-state index in [1.807, 2.05) is 39.8 Å². The van der Waals surface area contributed by atoms with E-state index in [4.69, 9.17) is 0 Å². The van der Waals surface area contributed by atoms with Gasteiger partial charge in [-0.3, -0.25) is 4.79 Å². The highest BCUT2D eigenvalue weighted by Crippen LogP contribution is 2.24. The van der Waals surface area contributed by atoms with Crippen molar-refractivity contribution in [3.8, 4) is 0 Å². The molecule has 1 aromatic carbocycles. The first-order valence-electron chi connectivity index (χ1n) is 8.39. The van der Waals surface area contributed by atoms with E-state index < -0.39 is 0 Å². The maximum Gasteiger partial charge on any atom is 0.270 e. The minimum atomic E-state index is -0.187. The van der Waals surface area contributed by atoms with E-state index in [0.29, 0.717) is 18.2 Å². The van der Waals surface area contributed by atoms with Crippen LogP contribution >= 0.6 is 0 Å². The SMILES string of the molecule is Cc1cc(C)c(Nc2nc(C)cc(C(=O)NCCN(C)C)n2)c(C)c1. The third kappa shape index (κ3) is 5.26. The summed E-state index contributed by atoms with van der Waals surface area (Å²) >= 11 is 0. The number of nitrogens with zero attached hydrogens (tertiary/aromatic N) is 3. The molecule has 0 spiro atoms. The summed E-state index contributed by atoms with van der Waals surface area (Å²) in [6, 6.07) is 5.92. The molecule has 0 unspecified atom stereocenters. The van der Waals surface area contributed by atoms with E-state index in [1.54, 1.807) is 6.07 Å². The van der Waals surface area contributed by atoms with Gasteiger partial charge in [-0.1, -0.05) is 17.7 Å². The second-order valence-electron chi connectivity index (χ2n) is 6.68. The zero-order valence-electron chi connectivity index (χ0n) is 15.9. The lowest BCUT2D eigenvalue weighted by molar-refractivity contribution is 0.0946. The Kier molecular flexibility index (Phi) is 6.09. The molecule has 2 N–H and O–H groups in total. The minimum absolute atomic E-state index is 0.187. The second kappa shape index (κ2) is 8.07. The lowest BCUT2D eigenvalue weighted by atomic mass is 10.1. The van der Waals surface area contributed by atoms with Gasteiger partial charge in [0.15, 0.2) is 0 Å². The van der Waals surface area contributed by atoms with E-state index in [-0.39, 0.29) is 5.91 Å². The number of hydrogen-bond donors (Lipinski definition) is 2. The molecule has 0 bridgehead atoms. The van der Waals surface area contributed by atoms with Crippen LogP contribution in [0.1, 0.15) is 32.9 Å². The molecule has 0 radical (unpaired) electrons. The average Bonchev–Trinajstić information content (AvgIpc) is 2.49. The Balaban J connectivity index is 2.20. The number of carbonyl (C=O) groups excluding carboxylic acids is 1. The predicted molar refractivity (Wildman–Crippen MR) is 102 cm³/mol. The summed E-state index contributed by atoms with van der Waals surface area (Å²) in [6.45, 7) is 9.39. The summed E-state index contributed by atoms with van der Waals surface area (Å²) in [7, 11) is 3.94. The highest BCUT2D eigenvalue weighted by atomic mass is 16.1. The molecule has 0 atom stereocenters. The molecular weight excluding hydrogens is 314 g/mol. The van der Waals surface area contributed by atoms with Crippen LogP contribution in [-0.2, 0) is 0 Å². The Morgan fingerprint density at radius 1 is 1.04 bits per heavy atom. The van der Waals surface area contributed by atoms with Crippen LogP contribution in [0, 0.1) is 27.7 Å². The van der Waals surface area contributed by atoms with Gasteiger partial charge in [0.05, 0.1) is 0 Å². The zero-order valence-corrected chi connectivity index (χ0v) is 15.9. The highest BCUT2D eigenvalue weighted by Gasteiger charge is 2.12. The topological polar surface area (TPSA) is 70.2 Å². The molecule has 2 rings (SSSR count). The maximum atomic E-state index is 12.3. The van der Waals surface area contributed by atoms with Crippen LogP contribution in [0.15, 0.2) is 18.2 Å². The Labute approximate surface area is 149 Å². The van der Waals surface area contributed by atoms with Gasteiger partial charge in [0.2, 0.25) is 5.95 Å². The Hall–Kier alpha value is -2.47. The summed E-state index contributed by atoms with van der Waals surface area (Å²) in [4.78, 5) is 23.1. The predicted octanol–water partition coefficient (Wildman–Crippen LogP) is 2.75. The normalized spacial score (nSPS) is 10.8. The van der Waals surface area contributed by atoms with Crippen LogP contribution < -0.4 is 10.6 Å². The number of anilines is 2. The van der Waals surface area contributed by atoms with Gasteiger partial charge in [-0.05, 0) is 59.0 Å². The van der Waals surface area contributed by atoms with Gasteiger partial charge >= 0.3 is 0 Å². The molecule has 1 amide bonds. The fraction of sp³-hybridized carbons (Fsp3) is 0.421. The molecule has 0 aliphatic heterocycles. The fourth-order valence-electron chi connectivity index (χ4n) is 2.71. The smallest absolute Gasteiger partial charge is 0.270 e. The molecule has 0 fully saturated rings. The van der Waals surface area contributed by atoms with Crippen molar-refractivity contribution in [2.75, 3.05) is 32.5 Å². The summed E-state index contributed by atoms with van der Waals surface area (Å²) in [5, 5.41) is 6.15. The van der Waals surface area contributed by atoms with E-state index in [1.165, 1.54) is 5.56 Å². The van der Waals surface area contributed by atoms with Crippen LogP contribution in [0.25, 0.3) is 0 Å². The van der Waals surface area contributed by atoms with Crippen molar-refractivity contribution in [2.24, 2.45) is 0 Å². The first-order valence-corrected chi connectivity index (χ1v) is 8.39. The van der Waals surface area contributed by atoms with Crippen molar-refractivity contribution in [1.29, 1.82) is 0 Å². The minimum Gasteiger partial charge on any atom is -0.349 e. The van der Waals surface area contributed by atoms with E-state index in [9.17, 15) is 4.79 Å². The quantitative estimate of drug-likeness (QED) is 0.845. The molecule has 134 valence electrons. The van der Waals surface area contributed by atoms with Crippen molar-refractivity contribution >= 4 is 17.5 Å². The standard InChI is InChI=1S/C19H27N5O/c1-12-9-13(2)17(14(3)10-12)23-19-21-15(4)11-16(22-19)18(25)20-7-8-24(5)6/h9-11H,7-8H2,1-6H3,(H,20,25)(H,21,22,23). The van der Waals surface area contributed by atoms with Gasteiger partial charge < -0.3 is 15.5 Å². The Morgan fingerprint density at radius 2 is 1.68 bits per heavy atom. The molecule has 6 nitrogen and oxygen atoms in total. The van der Waals surface area contributed by atoms with Crippen molar-refractivity contribution in [3.63, 3.8) is 0 Å². The van der Waals surface area contributed by atoms with E-state index >= 15 is 0 Å². The molecule has 1 aromatic heterocycles. The highest BCUT2D eigenvalue weighted by molar-refractivity contribution is 5.92. The summed E-state index contributed by atoms with van der Waals surface area (Å²) in [5.41, 5.74) is 5.56. The van der Waals surface area contributed by atoms with Gasteiger partial charge in [0, 0.05) is 24.5 Å². The monoisotopic (exact) mass is 341 g/mol. The largest absolute Gasteiger partial charge is 0.349 e. The van der Waals surface area contributed by atoms with Crippen LogP contribution in [0.5, 0.6) is 0 Å². The molecule has 1 heterocycles. The van der Waals surface area contributed by atoms with Gasteiger partial charge in [-0.2, -0.15) is 0 Å². The average molecular weight is 341 g/mol. The number of aromatic nitrogens is 2. The molecule has 0 saturated heterocycles. The van der Waals surface area contributed by atoms with Gasteiger partial charge in [-0.25, -0.2) is 9.97 Å². The van der Waals surface area contributed by atoms with E-state index in [2.05, 4.69) is 39.7 Å². The van der Waals surface area contributed by atoms with Crippen LogP contribution in [0.3, 0.4) is 0 Å². The third-order valence-corrected chi connectivity index (χ3v) is 3.85. The van der Waals surface area contributed by atoms with Gasteiger partial charge in [0.25, 0.3) is 5.91 Å². The molecule has 0 aliphatic carbocycles. The van der Waals surface area contributed by atoms with E-state index in [0.717, 1.165) is 29.1 Å². The number of amides is 1. The number of hydrogen-bond acceptors (Lipinski definition) is 5. The Bertz CT molecular complexity index is 747. The first-order chi connectivity index (χ1) is 11.8. The number of nitrogens with one attached hydrogen (secondary N) is 2. The molecule has 0 aliphatic rings. The summed E-state index contributed by atoms with van der Waals surface area (Å²) < 4.78 is 0. The van der Waals surface area contributed by atoms with Crippen LogP contribution in [0.4, 0.5) is 11.6 Å². The summed E-state index contributed by atoms with van der Waals surface area (Å²) in [5.74, 6) is 0.251. The van der Waals surface area contributed by atoms with Crippen molar-refractivity contribution in [2.45, 2.75) is 27.7 Å².